The minimum Gasteiger partial charge on any atom is -0.326 e. The maximum Gasteiger partial charge on any atom is 0.416 e. The quantitative estimate of drug-likeness (QED) is 0.901. The van der Waals surface area contributed by atoms with Gasteiger partial charge in [-0.05, 0) is 30.2 Å². The highest BCUT2D eigenvalue weighted by Crippen LogP contribution is 2.32. The molecule has 2 nitrogen and oxygen atoms in total. The van der Waals surface area contributed by atoms with Crippen molar-refractivity contribution < 1.29 is 13.2 Å². The van der Waals surface area contributed by atoms with Crippen LogP contribution < -0.4 is 5.73 Å². The van der Waals surface area contributed by atoms with Gasteiger partial charge in [0.2, 0.25) is 0 Å². The van der Waals surface area contributed by atoms with Crippen LogP contribution in [0.1, 0.15) is 17.5 Å². The topological polar surface area (TPSA) is 29.3 Å². The first kappa shape index (κ1) is 13.6. The summed E-state index contributed by atoms with van der Waals surface area (Å²) in [4.78, 5) is 2.04. The summed E-state index contributed by atoms with van der Waals surface area (Å²) in [6.07, 6.45) is -3.48. The fourth-order valence-electron chi connectivity index (χ4n) is 2.17. The monoisotopic (exact) mass is 278 g/mol. The minimum absolute atomic E-state index is 0.114. The van der Waals surface area contributed by atoms with E-state index >= 15 is 0 Å². The number of hydrogen-bond acceptors (Lipinski definition) is 2. The second-order valence-electron chi connectivity index (χ2n) is 4.63. The van der Waals surface area contributed by atoms with Crippen LogP contribution in [0.4, 0.5) is 13.2 Å². The van der Waals surface area contributed by atoms with Gasteiger partial charge in [-0.3, -0.25) is 4.90 Å². The van der Waals surface area contributed by atoms with E-state index < -0.39 is 11.7 Å². The molecule has 1 saturated heterocycles. The molecule has 1 aromatic rings. The third-order valence-electron chi connectivity index (χ3n) is 3.00. The van der Waals surface area contributed by atoms with Gasteiger partial charge >= 0.3 is 6.18 Å². The molecule has 0 radical (unpaired) electrons. The summed E-state index contributed by atoms with van der Waals surface area (Å²) in [6, 6.07) is 3.78. The number of alkyl halides is 3. The van der Waals surface area contributed by atoms with Gasteiger partial charge < -0.3 is 5.73 Å². The Morgan fingerprint density at radius 2 is 2.06 bits per heavy atom. The maximum absolute atomic E-state index is 12.6. The molecule has 1 aliphatic heterocycles. The molecule has 100 valence electrons. The highest BCUT2D eigenvalue weighted by molar-refractivity contribution is 6.30. The molecule has 2 N–H and O–H groups in total. The van der Waals surface area contributed by atoms with Gasteiger partial charge in [-0.2, -0.15) is 13.2 Å². The Morgan fingerprint density at radius 3 is 2.61 bits per heavy atom. The molecule has 18 heavy (non-hydrogen) atoms. The molecule has 1 fully saturated rings. The van der Waals surface area contributed by atoms with Gasteiger partial charge in [0.1, 0.15) is 0 Å². The lowest BCUT2D eigenvalue weighted by Gasteiger charge is -2.16. The number of halogens is 4. The molecule has 1 atom stereocenters. The lowest BCUT2D eigenvalue weighted by atomic mass is 10.1. The standard InChI is InChI=1S/C12H14ClF3N2/c13-10-4-8(3-9(5-10)12(14,15)16)6-18-2-1-11(17)7-18/h3-5,11H,1-2,6-7,17H2. The van der Waals surface area contributed by atoms with E-state index in [2.05, 4.69) is 0 Å². The van der Waals surface area contributed by atoms with Crippen molar-refractivity contribution in [3.63, 3.8) is 0 Å². The predicted molar refractivity (Wildman–Crippen MR) is 64.3 cm³/mol. The van der Waals surface area contributed by atoms with Crippen molar-refractivity contribution >= 4 is 11.6 Å². The van der Waals surface area contributed by atoms with Crippen molar-refractivity contribution in [3.8, 4) is 0 Å². The molecule has 6 heteroatoms. The fraction of sp³-hybridized carbons (Fsp3) is 0.500. The van der Waals surface area contributed by atoms with E-state index in [0.717, 1.165) is 25.1 Å². The number of nitrogens with two attached hydrogens (primary N) is 1. The molecular weight excluding hydrogens is 265 g/mol. The van der Waals surface area contributed by atoms with Gasteiger partial charge in [-0.15, -0.1) is 0 Å². The second kappa shape index (κ2) is 5.07. The van der Waals surface area contributed by atoms with Crippen molar-refractivity contribution in [3.05, 3.63) is 34.3 Å². The molecule has 0 aliphatic carbocycles. The summed E-state index contributed by atoms with van der Waals surface area (Å²) >= 11 is 5.73. The average Bonchev–Trinajstić information content (AvgIpc) is 2.61. The van der Waals surface area contributed by atoms with Crippen LogP contribution >= 0.6 is 11.6 Å². The zero-order chi connectivity index (χ0) is 13.3. The first-order chi connectivity index (χ1) is 8.34. The van der Waals surface area contributed by atoms with E-state index in [1.807, 2.05) is 4.90 Å². The Hall–Kier alpha value is -0.780. The smallest absolute Gasteiger partial charge is 0.326 e. The van der Waals surface area contributed by atoms with Crippen LogP contribution in [0.3, 0.4) is 0 Å². The summed E-state index contributed by atoms with van der Waals surface area (Å²) < 4.78 is 37.9. The number of likely N-dealkylation sites (tertiary alicyclic amines) is 1. The summed E-state index contributed by atoms with van der Waals surface area (Å²) in [5.41, 5.74) is 5.63. The second-order valence-corrected chi connectivity index (χ2v) is 5.07. The van der Waals surface area contributed by atoms with Crippen LogP contribution in [0.2, 0.25) is 5.02 Å². The third-order valence-corrected chi connectivity index (χ3v) is 3.22. The molecule has 1 aromatic carbocycles. The average molecular weight is 279 g/mol. The van der Waals surface area contributed by atoms with Crippen molar-refractivity contribution in [1.82, 2.24) is 4.90 Å². The maximum atomic E-state index is 12.6. The van der Waals surface area contributed by atoms with E-state index in [4.69, 9.17) is 17.3 Å². The first-order valence-electron chi connectivity index (χ1n) is 5.69. The molecule has 0 saturated carbocycles. The zero-order valence-corrected chi connectivity index (χ0v) is 10.4. The van der Waals surface area contributed by atoms with Crippen molar-refractivity contribution in [2.45, 2.75) is 25.2 Å². The summed E-state index contributed by atoms with van der Waals surface area (Å²) in [5.74, 6) is 0. The largest absolute Gasteiger partial charge is 0.416 e. The highest BCUT2D eigenvalue weighted by Gasteiger charge is 2.31. The molecule has 0 spiro atoms. The van der Waals surface area contributed by atoms with Crippen LogP contribution in [0.15, 0.2) is 18.2 Å². The highest BCUT2D eigenvalue weighted by atomic mass is 35.5. The predicted octanol–water partition coefficient (Wildman–Crippen LogP) is 2.89. The molecule has 1 aliphatic rings. The molecular formula is C12H14ClF3N2. The third kappa shape index (κ3) is 3.37. The fourth-order valence-corrected chi connectivity index (χ4v) is 2.43. The van der Waals surface area contributed by atoms with Gasteiger partial charge in [-0.25, -0.2) is 0 Å². The Kier molecular flexibility index (Phi) is 3.84. The van der Waals surface area contributed by atoms with Crippen LogP contribution in [0.5, 0.6) is 0 Å². The minimum atomic E-state index is -4.36. The first-order valence-corrected chi connectivity index (χ1v) is 6.07. The molecule has 2 rings (SSSR count). The summed E-state index contributed by atoms with van der Waals surface area (Å²) in [5, 5.41) is 0.114. The van der Waals surface area contributed by atoms with Crippen molar-refractivity contribution in [2.75, 3.05) is 13.1 Å². The van der Waals surface area contributed by atoms with Crippen LogP contribution in [-0.2, 0) is 12.7 Å². The van der Waals surface area contributed by atoms with Crippen molar-refractivity contribution in [1.29, 1.82) is 0 Å². The van der Waals surface area contributed by atoms with Gasteiger partial charge in [0.25, 0.3) is 0 Å². The normalized spacial score (nSPS) is 21.5. The van der Waals surface area contributed by atoms with Crippen molar-refractivity contribution in [2.24, 2.45) is 5.73 Å². The van der Waals surface area contributed by atoms with Crippen LogP contribution in [0.25, 0.3) is 0 Å². The van der Waals surface area contributed by atoms with E-state index in [9.17, 15) is 13.2 Å². The summed E-state index contributed by atoms with van der Waals surface area (Å²) in [7, 11) is 0. The molecule has 1 unspecified atom stereocenters. The van der Waals surface area contributed by atoms with Gasteiger partial charge in [0, 0.05) is 30.7 Å². The Balaban J connectivity index is 2.15. The number of hydrogen-bond donors (Lipinski definition) is 1. The number of rotatable bonds is 2. The van der Waals surface area contributed by atoms with Gasteiger partial charge in [0.15, 0.2) is 0 Å². The van der Waals surface area contributed by atoms with E-state index in [0.29, 0.717) is 18.7 Å². The lowest BCUT2D eigenvalue weighted by molar-refractivity contribution is -0.137. The van der Waals surface area contributed by atoms with Gasteiger partial charge in [0.05, 0.1) is 5.56 Å². The molecule has 0 amide bonds. The molecule has 0 aromatic heterocycles. The SMILES string of the molecule is NC1CCN(Cc2cc(Cl)cc(C(F)(F)F)c2)C1. The van der Waals surface area contributed by atoms with Gasteiger partial charge in [-0.1, -0.05) is 11.6 Å². The Labute approximate surface area is 109 Å². The number of benzene rings is 1. The number of nitrogens with zero attached hydrogens (tertiary/aromatic N) is 1. The van der Waals surface area contributed by atoms with E-state index in [-0.39, 0.29) is 11.1 Å². The van der Waals surface area contributed by atoms with E-state index in [1.165, 1.54) is 0 Å². The Morgan fingerprint density at radius 1 is 1.33 bits per heavy atom. The van der Waals surface area contributed by atoms with Crippen LogP contribution in [-0.4, -0.2) is 24.0 Å². The van der Waals surface area contributed by atoms with Crippen LogP contribution in [0, 0.1) is 0 Å². The molecule has 1 heterocycles. The summed E-state index contributed by atoms with van der Waals surface area (Å²) in [6.45, 7) is 1.99. The van der Waals surface area contributed by atoms with E-state index in [1.54, 1.807) is 6.07 Å². The Bertz CT molecular complexity index is 434. The lowest BCUT2D eigenvalue weighted by Crippen LogP contribution is -2.26. The molecule has 0 bridgehead atoms. The zero-order valence-electron chi connectivity index (χ0n) is 9.67.